The minimum atomic E-state index is -0.385. The molecule has 2 unspecified atom stereocenters. The van der Waals surface area contributed by atoms with Gasteiger partial charge in [-0.15, -0.1) is 0 Å². The van der Waals surface area contributed by atoms with Crippen molar-refractivity contribution in [3.63, 3.8) is 0 Å². The van der Waals surface area contributed by atoms with Crippen molar-refractivity contribution in [3.05, 3.63) is 0 Å². The van der Waals surface area contributed by atoms with E-state index in [-0.39, 0.29) is 29.7 Å². The molecular formula is C10H18N4O3. The summed E-state index contributed by atoms with van der Waals surface area (Å²) in [6, 6.07) is -0.431. The Morgan fingerprint density at radius 2 is 2.41 bits per heavy atom. The van der Waals surface area contributed by atoms with Gasteiger partial charge in [0.05, 0.1) is 6.04 Å². The molecular weight excluding hydrogens is 224 g/mol. The predicted octanol–water partition coefficient (Wildman–Crippen LogP) is -0.704. The zero-order valence-electron chi connectivity index (χ0n) is 9.77. The number of oxime groups is 1. The van der Waals surface area contributed by atoms with E-state index in [1.54, 1.807) is 0 Å². The first-order valence-electron chi connectivity index (χ1n) is 5.63. The molecule has 1 rings (SSSR count). The zero-order chi connectivity index (χ0) is 12.8. The van der Waals surface area contributed by atoms with Gasteiger partial charge in [-0.3, -0.25) is 14.9 Å². The van der Waals surface area contributed by atoms with Crippen LogP contribution in [0, 0.1) is 0 Å². The number of nitrogens with one attached hydrogen (secondary N) is 2. The third-order valence-electron chi connectivity index (χ3n) is 2.75. The van der Waals surface area contributed by atoms with Crippen molar-refractivity contribution in [1.82, 2.24) is 10.6 Å². The summed E-state index contributed by atoms with van der Waals surface area (Å²) in [5, 5.41) is 16.8. The molecule has 5 N–H and O–H groups in total. The summed E-state index contributed by atoms with van der Waals surface area (Å²) >= 11 is 0. The lowest BCUT2D eigenvalue weighted by Crippen LogP contribution is -2.53. The first-order chi connectivity index (χ1) is 8.06. The fraction of sp³-hybridized carbons (Fsp3) is 0.700. The highest BCUT2D eigenvalue weighted by Crippen LogP contribution is 2.08. The van der Waals surface area contributed by atoms with Crippen LogP contribution >= 0.6 is 0 Å². The smallest absolute Gasteiger partial charge is 0.243 e. The van der Waals surface area contributed by atoms with Gasteiger partial charge >= 0.3 is 0 Å². The molecule has 1 saturated heterocycles. The Kier molecular flexibility index (Phi) is 4.89. The minimum Gasteiger partial charge on any atom is -0.409 e. The number of nitrogens with two attached hydrogens (primary N) is 1. The number of carbonyl (C=O) groups is 2. The third-order valence-corrected chi connectivity index (χ3v) is 2.75. The van der Waals surface area contributed by atoms with Crippen LogP contribution < -0.4 is 16.4 Å². The highest BCUT2D eigenvalue weighted by Gasteiger charge is 2.28. The third kappa shape index (κ3) is 4.03. The van der Waals surface area contributed by atoms with Crippen molar-refractivity contribution in [1.29, 1.82) is 0 Å². The minimum absolute atomic E-state index is 0.0464. The van der Waals surface area contributed by atoms with Crippen molar-refractivity contribution in [2.75, 3.05) is 0 Å². The largest absolute Gasteiger partial charge is 0.409 e. The van der Waals surface area contributed by atoms with Gasteiger partial charge in [0, 0.05) is 18.9 Å². The maximum Gasteiger partial charge on any atom is 0.243 e. The Hall–Kier alpha value is -1.63. The van der Waals surface area contributed by atoms with Gasteiger partial charge in [0.1, 0.15) is 5.84 Å². The van der Waals surface area contributed by atoms with Crippen LogP contribution in [0.4, 0.5) is 0 Å². The number of carbonyl (C=O) groups excluding carboxylic acids is 2. The fourth-order valence-corrected chi connectivity index (χ4v) is 1.75. The molecule has 0 aromatic carbocycles. The number of rotatable bonds is 5. The van der Waals surface area contributed by atoms with Gasteiger partial charge in [-0.2, -0.15) is 0 Å². The Balaban J connectivity index is 2.50. The van der Waals surface area contributed by atoms with E-state index >= 15 is 0 Å². The lowest BCUT2D eigenvalue weighted by molar-refractivity contribution is -0.134. The first-order valence-corrected chi connectivity index (χ1v) is 5.63. The summed E-state index contributed by atoms with van der Waals surface area (Å²) in [5.74, 6) is -0.423. The lowest BCUT2D eigenvalue weighted by atomic mass is 10.0. The summed E-state index contributed by atoms with van der Waals surface area (Å²) in [6.07, 6.45) is 1.93. The fourth-order valence-electron chi connectivity index (χ4n) is 1.75. The highest BCUT2D eigenvalue weighted by molar-refractivity contribution is 6.00. The van der Waals surface area contributed by atoms with Gasteiger partial charge in [-0.05, 0) is 12.8 Å². The number of amides is 2. The second-order valence-corrected chi connectivity index (χ2v) is 4.07. The number of piperidine rings is 1. The molecule has 0 saturated carbocycles. The predicted molar refractivity (Wildman–Crippen MR) is 61.4 cm³/mol. The zero-order valence-corrected chi connectivity index (χ0v) is 9.77. The number of nitrogens with zero attached hydrogens (tertiary/aromatic N) is 1. The molecule has 0 aromatic heterocycles. The summed E-state index contributed by atoms with van der Waals surface area (Å²) in [4.78, 5) is 22.5. The van der Waals surface area contributed by atoms with Gasteiger partial charge in [0.25, 0.3) is 0 Å². The van der Waals surface area contributed by atoms with Crippen molar-refractivity contribution in [2.24, 2.45) is 10.9 Å². The topological polar surface area (TPSA) is 117 Å². The van der Waals surface area contributed by atoms with Crippen molar-refractivity contribution < 1.29 is 14.8 Å². The molecule has 0 bridgehead atoms. The maximum atomic E-state index is 11.5. The van der Waals surface area contributed by atoms with E-state index in [2.05, 4.69) is 15.8 Å². The Morgan fingerprint density at radius 3 is 2.94 bits per heavy atom. The van der Waals surface area contributed by atoms with E-state index in [9.17, 15) is 9.59 Å². The monoisotopic (exact) mass is 242 g/mol. The summed E-state index contributed by atoms with van der Waals surface area (Å²) in [7, 11) is 0. The lowest BCUT2D eigenvalue weighted by Gasteiger charge is -2.26. The molecule has 1 heterocycles. The van der Waals surface area contributed by atoms with E-state index in [1.165, 1.54) is 0 Å². The van der Waals surface area contributed by atoms with Crippen LogP contribution in [0.1, 0.15) is 32.6 Å². The molecule has 0 aromatic rings. The number of imide groups is 1. The van der Waals surface area contributed by atoms with Crippen LogP contribution in [0.25, 0.3) is 0 Å². The van der Waals surface area contributed by atoms with Gasteiger partial charge in [0.15, 0.2) is 0 Å². The van der Waals surface area contributed by atoms with Crippen LogP contribution in [0.2, 0.25) is 0 Å². The molecule has 0 radical (unpaired) electrons. The molecule has 0 aliphatic carbocycles. The molecule has 1 aliphatic rings. The van der Waals surface area contributed by atoms with Gasteiger partial charge < -0.3 is 16.3 Å². The van der Waals surface area contributed by atoms with Crippen molar-refractivity contribution in [2.45, 2.75) is 44.7 Å². The summed E-state index contributed by atoms with van der Waals surface area (Å²) < 4.78 is 0. The maximum absolute atomic E-state index is 11.5. The molecule has 17 heavy (non-hydrogen) atoms. The molecule has 1 fully saturated rings. The Labute approximate surface area is 99.4 Å². The van der Waals surface area contributed by atoms with E-state index in [1.807, 2.05) is 6.92 Å². The van der Waals surface area contributed by atoms with Crippen LogP contribution in [0.15, 0.2) is 5.16 Å². The van der Waals surface area contributed by atoms with E-state index in [4.69, 9.17) is 10.9 Å². The van der Waals surface area contributed by atoms with Crippen LogP contribution in [0.5, 0.6) is 0 Å². The molecule has 2 atom stereocenters. The van der Waals surface area contributed by atoms with E-state index in [0.29, 0.717) is 19.3 Å². The van der Waals surface area contributed by atoms with Gasteiger partial charge in [-0.1, -0.05) is 12.1 Å². The first kappa shape index (κ1) is 13.4. The number of amidine groups is 1. The van der Waals surface area contributed by atoms with Gasteiger partial charge in [-0.25, -0.2) is 0 Å². The Bertz CT molecular complexity index is 330. The van der Waals surface area contributed by atoms with Crippen LogP contribution in [-0.2, 0) is 9.59 Å². The summed E-state index contributed by atoms with van der Waals surface area (Å²) in [6.45, 7) is 1.94. The SMILES string of the molecule is CCC(CC(N)=NO)NC1CCC(=O)NC1=O. The van der Waals surface area contributed by atoms with Crippen LogP contribution in [-0.4, -0.2) is 34.9 Å². The van der Waals surface area contributed by atoms with Crippen LogP contribution in [0.3, 0.4) is 0 Å². The van der Waals surface area contributed by atoms with Crippen molar-refractivity contribution >= 4 is 17.6 Å². The molecule has 1 aliphatic heterocycles. The molecule has 96 valence electrons. The van der Waals surface area contributed by atoms with E-state index in [0.717, 1.165) is 6.42 Å². The number of hydrogen-bond acceptors (Lipinski definition) is 5. The summed E-state index contributed by atoms with van der Waals surface area (Å²) in [5.41, 5.74) is 5.42. The highest BCUT2D eigenvalue weighted by atomic mass is 16.4. The Morgan fingerprint density at radius 1 is 1.71 bits per heavy atom. The second kappa shape index (κ2) is 6.19. The quantitative estimate of drug-likeness (QED) is 0.167. The normalized spacial score (nSPS) is 23.4. The average Bonchev–Trinajstić information content (AvgIpc) is 2.31. The molecule has 2 amide bonds. The standard InChI is InChI=1S/C10H18N4O3/c1-2-6(5-8(11)14-17)12-7-3-4-9(15)13-10(7)16/h6-7,12,17H,2-5H2,1H3,(H2,11,14)(H,13,15,16). The number of hydrogen-bond donors (Lipinski definition) is 4. The van der Waals surface area contributed by atoms with Gasteiger partial charge in [0.2, 0.25) is 11.8 Å². The van der Waals surface area contributed by atoms with Crippen molar-refractivity contribution in [3.8, 4) is 0 Å². The molecule has 7 nitrogen and oxygen atoms in total. The average molecular weight is 242 g/mol. The van der Waals surface area contributed by atoms with E-state index < -0.39 is 0 Å². The molecule has 7 heteroatoms. The molecule has 0 spiro atoms. The second-order valence-electron chi connectivity index (χ2n) is 4.07.